The topological polar surface area (TPSA) is 55.8 Å². The lowest BCUT2D eigenvalue weighted by Gasteiger charge is -2.27. The number of anilines is 1. The molecular formula is C26H43NO4. The predicted molar refractivity (Wildman–Crippen MR) is 128 cm³/mol. The van der Waals surface area contributed by atoms with Crippen LogP contribution in [0.5, 0.6) is 0 Å². The van der Waals surface area contributed by atoms with E-state index in [1.54, 1.807) is 0 Å². The van der Waals surface area contributed by atoms with Crippen molar-refractivity contribution in [2.75, 3.05) is 31.7 Å². The fourth-order valence-electron chi connectivity index (χ4n) is 3.66. The molecule has 0 saturated carbocycles. The summed E-state index contributed by atoms with van der Waals surface area (Å²) in [5.41, 5.74) is 3.54. The second-order valence-electron chi connectivity index (χ2n) is 8.43. The van der Waals surface area contributed by atoms with E-state index in [9.17, 15) is 9.59 Å². The summed E-state index contributed by atoms with van der Waals surface area (Å²) in [6.07, 6.45) is 8.56. The van der Waals surface area contributed by atoms with Crippen molar-refractivity contribution in [1.82, 2.24) is 0 Å². The number of ether oxygens (including phenoxy) is 2. The maximum absolute atomic E-state index is 12.2. The van der Waals surface area contributed by atoms with E-state index in [4.69, 9.17) is 9.47 Å². The average molecular weight is 434 g/mol. The predicted octanol–water partition coefficient (Wildman–Crippen LogP) is 6.17. The van der Waals surface area contributed by atoms with Crippen molar-refractivity contribution in [3.05, 3.63) is 29.3 Å². The number of carbonyl (C=O) groups excluding carboxylic acids is 2. The zero-order valence-corrected chi connectivity index (χ0v) is 20.4. The Kier molecular flexibility index (Phi) is 13.7. The molecule has 0 aromatic heterocycles. The Hall–Kier alpha value is -2.04. The average Bonchev–Trinajstić information content (AvgIpc) is 2.77. The van der Waals surface area contributed by atoms with Crippen LogP contribution in [0, 0.1) is 6.92 Å². The van der Waals surface area contributed by atoms with E-state index in [0.29, 0.717) is 32.0 Å². The Bertz CT molecular complexity index is 659. The van der Waals surface area contributed by atoms with E-state index in [-0.39, 0.29) is 18.4 Å². The monoisotopic (exact) mass is 433 g/mol. The highest BCUT2D eigenvalue weighted by Gasteiger charge is 2.16. The summed E-state index contributed by atoms with van der Waals surface area (Å²) in [5.74, 6) is 0.0617. The van der Waals surface area contributed by atoms with Crippen molar-refractivity contribution in [2.45, 2.75) is 91.4 Å². The maximum Gasteiger partial charge on any atom is 0.307 e. The Balaban J connectivity index is 2.87. The van der Waals surface area contributed by atoms with Crippen molar-refractivity contribution in [1.29, 1.82) is 0 Å². The normalized spacial score (nSPS) is 11.8. The van der Waals surface area contributed by atoms with Crippen molar-refractivity contribution in [3.63, 3.8) is 0 Å². The smallest absolute Gasteiger partial charge is 0.307 e. The number of hydrogen-bond acceptors (Lipinski definition) is 5. The van der Waals surface area contributed by atoms with Gasteiger partial charge in [0.2, 0.25) is 0 Å². The zero-order chi connectivity index (χ0) is 23.1. The first kappa shape index (κ1) is 27.0. The van der Waals surface area contributed by atoms with Gasteiger partial charge < -0.3 is 14.4 Å². The van der Waals surface area contributed by atoms with Gasteiger partial charge in [-0.15, -0.1) is 0 Å². The molecule has 0 bridgehead atoms. The molecule has 0 aliphatic carbocycles. The summed E-state index contributed by atoms with van der Waals surface area (Å²) in [5, 5.41) is 0. The van der Waals surface area contributed by atoms with E-state index < -0.39 is 0 Å². The number of aryl methyl sites for hydroxylation is 1. The minimum absolute atomic E-state index is 0.180. The molecule has 0 radical (unpaired) electrons. The lowest BCUT2D eigenvalue weighted by molar-refractivity contribution is -0.143. The van der Waals surface area contributed by atoms with Crippen molar-refractivity contribution in [3.8, 4) is 0 Å². The maximum atomic E-state index is 12.2. The van der Waals surface area contributed by atoms with Crippen LogP contribution in [-0.4, -0.2) is 38.7 Å². The van der Waals surface area contributed by atoms with Gasteiger partial charge in [0.05, 0.1) is 26.6 Å². The molecule has 0 N–H and O–H groups in total. The number of benzene rings is 1. The third-order valence-electron chi connectivity index (χ3n) is 5.79. The van der Waals surface area contributed by atoms with Crippen LogP contribution in [0.15, 0.2) is 18.2 Å². The van der Waals surface area contributed by atoms with Crippen LogP contribution in [0.4, 0.5) is 5.69 Å². The third-order valence-corrected chi connectivity index (χ3v) is 5.79. The van der Waals surface area contributed by atoms with Gasteiger partial charge in [-0.25, -0.2) is 0 Å². The number of methoxy groups -OCH3 is 1. The quantitative estimate of drug-likeness (QED) is 0.230. The van der Waals surface area contributed by atoms with Crippen molar-refractivity contribution < 1.29 is 19.1 Å². The highest BCUT2D eigenvalue weighted by molar-refractivity contribution is 5.72. The molecule has 5 nitrogen and oxygen atoms in total. The van der Waals surface area contributed by atoms with E-state index in [0.717, 1.165) is 30.5 Å². The first-order valence-corrected chi connectivity index (χ1v) is 12.0. The molecule has 0 amide bonds. The molecule has 0 saturated heterocycles. The highest BCUT2D eigenvalue weighted by atomic mass is 16.5. The summed E-state index contributed by atoms with van der Waals surface area (Å²) in [7, 11) is 1.41. The molecule has 0 fully saturated rings. The summed E-state index contributed by atoms with van der Waals surface area (Å²) in [6, 6.07) is 6.58. The molecule has 176 valence electrons. The van der Waals surface area contributed by atoms with Crippen LogP contribution in [0.25, 0.3) is 0 Å². The van der Waals surface area contributed by atoms with Gasteiger partial charge in [0.15, 0.2) is 0 Å². The molecule has 5 heteroatoms. The zero-order valence-electron chi connectivity index (χ0n) is 20.4. The molecular weight excluding hydrogens is 390 g/mol. The van der Waals surface area contributed by atoms with E-state index in [2.05, 4.69) is 50.8 Å². The van der Waals surface area contributed by atoms with Gasteiger partial charge in [-0.1, -0.05) is 65.0 Å². The van der Waals surface area contributed by atoms with Crippen LogP contribution in [0.3, 0.4) is 0 Å². The van der Waals surface area contributed by atoms with Crippen LogP contribution in [-0.2, 0) is 19.1 Å². The summed E-state index contributed by atoms with van der Waals surface area (Å²) in [4.78, 5) is 26.1. The van der Waals surface area contributed by atoms with Gasteiger partial charge in [-0.2, -0.15) is 0 Å². The molecule has 1 aromatic rings. The molecule has 1 aromatic carbocycles. The lowest BCUT2D eigenvalue weighted by atomic mass is 9.93. The molecule has 0 heterocycles. The molecule has 0 aliphatic rings. The molecule has 1 atom stereocenters. The van der Waals surface area contributed by atoms with Gasteiger partial charge in [-0.05, 0) is 42.9 Å². The standard InChI is InChI=1S/C26H43NO4/c1-6-8-10-12-21(3)23-14-13-22(4)24(20-23)27(17-15-25(28)30-5)18-16-26(29)31-19-11-9-7-2/h13-14,20-21H,6-12,15-19H2,1-5H3. The summed E-state index contributed by atoms with van der Waals surface area (Å²) >= 11 is 0. The van der Waals surface area contributed by atoms with Crippen molar-refractivity contribution in [2.24, 2.45) is 0 Å². The number of hydrogen-bond donors (Lipinski definition) is 0. The van der Waals surface area contributed by atoms with E-state index in [1.807, 2.05) is 0 Å². The van der Waals surface area contributed by atoms with Crippen LogP contribution < -0.4 is 4.90 Å². The molecule has 0 spiro atoms. The second-order valence-corrected chi connectivity index (χ2v) is 8.43. The first-order chi connectivity index (χ1) is 14.9. The Morgan fingerprint density at radius 1 is 0.968 bits per heavy atom. The van der Waals surface area contributed by atoms with Gasteiger partial charge in [0.1, 0.15) is 0 Å². The van der Waals surface area contributed by atoms with Crippen LogP contribution in [0.2, 0.25) is 0 Å². The molecule has 1 unspecified atom stereocenters. The first-order valence-electron chi connectivity index (χ1n) is 12.0. The van der Waals surface area contributed by atoms with Crippen molar-refractivity contribution >= 4 is 17.6 Å². The number of carbonyl (C=O) groups is 2. The lowest BCUT2D eigenvalue weighted by Crippen LogP contribution is -2.30. The van der Waals surface area contributed by atoms with Crippen LogP contribution >= 0.6 is 0 Å². The Morgan fingerprint density at radius 2 is 1.61 bits per heavy atom. The van der Waals surface area contributed by atoms with E-state index >= 15 is 0 Å². The number of rotatable bonds is 16. The fraction of sp³-hybridized carbons (Fsp3) is 0.692. The van der Waals surface area contributed by atoms with Crippen LogP contribution in [0.1, 0.15) is 95.6 Å². The Labute approximate surface area is 189 Å². The number of unbranched alkanes of at least 4 members (excludes halogenated alkanes) is 4. The van der Waals surface area contributed by atoms with Gasteiger partial charge in [0.25, 0.3) is 0 Å². The van der Waals surface area contributed by atoms with E-state index in [1.165, 1.54) is 38.4 Å². The van der Waals surface area contributed by atoms with Gasteiger partial charge in [-0.3, -0.25) is 9.59 Å². The SMILES string of the molecule is CCCCCOC(=O)CCN(CCC(=O)OC)c1cc(C(C)CCCCC)ccc1C. The second kappa shape index (κ2) is 15.7. The minimum atomic E-state index is -0.242. The fourth-order valence-corrected chi connectivity index (χ4v) is 3.66. The molecule has 0 aliphatic heterocycles. The largest absolute Gasteiger partial charge is 0.469 e. The summed E-state index contributed by atoms with van der Waals surface area (Å²) in [6.45, 7) is 10.2. The molecule has 31 heavy (non-hydrogen) atoms. The third kappa shape index (κ3) is 10.7. The van der Waals surface area contributed by atoms with Gasteiger partial charge in [0, 0.05) is 18.8 Å². The number of esters is 2. The number of nitrogens with zero attached hydrogens (tertiary/aromatic N) is 1. The Morgan fingerprint density at radius 3 is 2.26 bits per heavy atom. The van der Waals surface area contributed by atoms with Gasteiger partial charge >= 0.3 is 11.9 Å². The minimum Gasteiger partial charge on any atom is -0.469 e. The highest BCUT2D eigenvalue weighted by Crippen LogP contribution is 2.29. The molecule has 1 rings (SSSR count). The summed E-state index contributed by atoms with van der Waals surface area (Å²) < 4.78 is 10.2.